The minimum Gasteiger partial charge on any atom is -0.288 e. The van der Waals surface area contributed by atoms with Gasteiger partial charge in [-0.2, -0.15) is 5.21 Å². The van der Waals surface area contributed by atoms with Gasteiger partial charge in [-0.25, -0.2) is 0 Å². The average molecular weight is 274 g/mol. The van der Waals surface area contributed by atoms with E-state index in [1.54, 1.807) is 25.1 Å². The molecule has 0 radical (unpaired) electrons. The quantitative estimate of drug-likeness (QED) is 0.489. The van der Waals surface area contributed by atoms with Crippen LogP contribution in [0.2, 0.25) is 0 Å². The van der Waals surface area contributed by atoms with Crippen molar-refractivity contribution in [1.82, 2.24) is 20.6 Å². The molecule has 2 aromatic rings. The van der Waals surface area contributed by atoms with Crippen LogP contribution in [0.4, 0.5) is 11.6 Å². The fourth-order valence-electron chi connectivity index (χ4n) is 1.42. The van der Waals surface area contributed by atoms with Crippen LogP contribution in [0.1, 0.15) is 12.5 Å². The number of nitrogens with one attached hydrogen (secondary N) is 2. The number of nitro benzene ring substituents is 1. The van der Waals surface area contributed by atoms with Gasteiger partial charge in [0.25, 0.3) is 17.5 Å². The van der Waals surface area contributed by atoms with Crippen LogP contribution in [-0.4, -0.2) is 31.5 Å². The van der Waals surface area contributed by atoms with E-state index in [9.17, 15) is 14.9 Å². The molecule has 1 aromatic heterocycles. The Balaban J connectivity index is 2.09. The number of hydrogen-bond acceptors (Lipinski definition) is 6. The van der Waals surface area contributed by atoms with Crippen molar-refractivity contribution in [1.29, 1.82) is 0 Å². The molecule has 0 spiro atoms. The molecule has 9 heteroatoms. The first kappa shape index (κ1) is 13.3. The standard InChI is InChI=1S/C11H10N6O3/c1-7(10(18)12-11-13-15-16-14-11)6-8-2-4-9(5-3-8)17(19)20/h2-6H,1H3,(H2,12,13,14,15,16,18)/b7-6+. The van der Waals surface area contributed by atoms with Crippen LogP contribution in [0.3, 0.4) is 0 Å². The van der Waals surface area contributed by atoms with Crippen molar-refractivity contribution in [3.05, 3.63) is 45.5 Å². The molecule has 0 fully saturated rings. The summed E-state index contributed by atoms with van der Waals surface area (Å²) in [6.07, 6.45) is 1.60. The highest BCUT2D eigenvalue weighted by Crippen LogP contribution is 2.14. The number of anilines is 1. The number of non-ortho nitro benzene ring substituents is 1. The summed E-state index contributed by atoms with van der Waals surface area (Å²) in [7, 11) is 0. The van der Waals surface area contributed by atoms with Crippen LogP contribution in [0.5, 0.6) is 0 Å². The highest BCUT2D eigenvalue weighted by molar-refractivity contribution is 6.05. The molecule has 1 amide bonds. The number of aromatic nitrogens is 4. The Kier molecular flexibility index (Phi) is 3.80. The molecule has 9 nitrogen and oxygen atoms in total. The van der Waals surface area contributed by atoms with Gasteiger partial charge in [0.05, 0.1) is 4.92 Å². The van der Waals surface area contributed by atoms with Gasteiger partial charge < -0.3 is 0 Å². The molecule has 20 heavy (non-hydrogen) atoms. The molecule has 1 heterocycles. The molecular formula is C11H10N6O3. The summed E-state index contributed by atoms with van der Waals surface area (Å²) in [5.74, 6) is -0.309. The van der Waals surface area contributed by atoms with Crippen molar-refractivity contribution in [2.45, 2.75) is 6.92 Å². The van der Waals surface area contributed by atoms with Gasteiger partial charge in [-0.3, -0.25) is 20.2 Å². The van der Waals surface area contributed by atoms with Gasteiger partial charge in [-0.1, -0.05) is 5.10 Å². The van der Waals surface area contributed by atoms with Gasteiger partial charge in [0, 0.05) is 17.7 Å². The molecule has 0 atom stereocenters. The number of nitro groups is 1. The van der Waals surface area contributed by atoms with E-state index in [-0.39, 0.29) is 17.5 Å². The minimum absolute atomic E-state index is 0.00366. The smallest absolute Gasteiger partial charge is 0.270 e. The molecule has 0 unspecified atom stereocenters. The van der Waals surface area contributed by atoms with Crippen LogP contribution in [0.15, 0.2) is 29.8 Å². The largest absolute Gasteiger partial charge is 0.288 e. The second kappa shape index (κ2) is 5.69. The zero-order chi connectivity index (χ0) is 14.5. The normalized spacial score (nSPS) is 11.2. The van der Waals surface area contributed by atoms with Crippen LogP contribution in [0.25, 0.3) is 6.08 Å². The summed E-state index contributed by atoms with van der Waals surface area (Å²) in [6, 6.07) is 5.86. The Morgan fingerprint density at radius 2 is 2.10 bits per heavy atom. The number of carbonyl (C=O) groups excluding carboxylic acids is 1. The number of rotatable bonds is 4. The van der Waals surface area contributed by atoms with Crippen LogP contribution < -0.4 is 5.32 Å². The van der Waals surface area contributed by atoms with Gasteiger partial charge in [0.2, 0.25) is 0 Å². The summed E-state index contributed by atoms with van der Waals surface area (Å²) >= 11 is 0. The number of nitrogens with zero attached hydrogens (tertiary/aromatic N) is 4. The first-order valence-electron chi connectivity index (χ1n) is 5.54. The van der Waals surface area contributed by atoms with Gasteiger partial charge in [0.15, 0.2) is 0 Å². The summed E-state index contributed by atoms with van der Waals surface area (Å²) in [6.45, 7) is 1.61. The molecule has 2 rings (SSSR count). The number of tetrazole rings is 1. The van der Waals surface area contributed by atoms with Gasteiger partial charge >= 0.3 is 0 Å². The number of benzene rings is 1. The molecule has 1 aromatic carbocycles. The molecule has 102 valence electrons. The SMILES string of the molecule is C/C(=C\c1ccc([N+](=O)[O-])cc1)C(=O)Nc1nn[nH]n1. The molecule has 0 aliphatic heterocycles. The Hall–Kier alpha value is -3.10. The predicted molar refractivity (Wildman–Crippen MR) is 69.6 cm³/mol. The number of amides is 1. The fraction of sp³-hybridized carbons (Fsp3) is 0.0909. The maximum absolute atomic E-state index is 11.8. The van der Waals surface area contributed by atoms with E-state index >= 15 is 0 Å². The zero-order valence-electron chi connectivity index (χ0n) is 10.4. The second-order valence-corrected chi connectivity index (χ2v) is 3.87. The van der Waals surface area contributed by atoms with Crippen LogP contribution >= 0.6 is 0 Å². The lowest BCUT2D eigenvalue weighted by Gasteiger charge is -2.01. The van der Waals surface area contributed by atoms with E-state index in [0.29, 0.717) is 11.1 Å². The average Bonchev–Trinajstić information content (AvgIpc) is 2.92. The first-order valence-corrected chi connectivity index (χ1v) is 5.54. The minimum atomic E-state index is -0.483. The molecule has 0 saturated heterocycles. The topological polar surface area (TPSA) is 127 Å². The third-order valence-corrected chi connectivity index (χ3v) is 2.42. The Morgan fingerprint density at radius 1 is 1.40 bits per heavy atom. The lowest BCUT2D eigenvalue weighted by molar-refractivity contribution is -0.384. The van der Waals surface area contributed by atoms with Gasteiger partial charge in [0.1, 0.15) is 0 Å². The lowest BCUT2D eigenvalue weighted by atomic mass is 10.1. The van der Waals surface area contributed by atoms with Crippen molar-refractivity contribution in [2.24, 2.45) is 0 Å². The van der Waals surface area contributed by atoms with Crippen molar-refractivity contribution < 1.29 is 9.72 Å². The predicted octanol–water partition coefficient (Wildman–Crippen LogP) is 1.15. The summed E-state index contributed by atoms with van der Waals surface area (Å²) in [5, 5.41) is 25.7. The third kappa shape index (κ3) is 3.22. The second-order valence-electron chi connectivity index (χ2n) is 3.87. The van der Waals surface area contributed by atoms with E-state index in [1.807, 2.05) is 0 Å². The number of aromatic amines is 1. The molecule has 0 bridgehead atoms. The van der Waals surface area contributed by atoms with Crippen molar-refractivity contribution in [3.63, 3.8) is 0 Å². The summed E-state index contributed by atoms with van der Waals surface area (Å²) in [4.78, 5) is 21.8. The van der Waals surface area contributed by atoms with Crippen LogP contribution in [0, 0.1) is 10.1 Å². The highest BCUT2D eigenvalue weighted by atomic mass is 16.6. The first-order chi connectivity index (χ1) is 9.56. The van der Waals surface area contributed by atoms with E-state index < -0.39 is 4.92 Å². The molecular weight excluding hydrogens is 264 g/mol. The Labute approximate surface area is 112 Å². The van der Waals surface area contributed by atoms with Crippen molar-refractivity contribution >= 4 is 23.6 Å². The number of carbonyl (C=O) groups is 1. The number of hydrogen-bond donors (Lipinski definition) is 2. The van der Waals surface area contributed by atoms with Crippen molar-refractivity contribution in [3.8, 4) is 0 Å². The van der Waals surface area contributed by atoms with Crippen molar-refractivity contribution in [2.75, 3.05) is 5.32 Å². The third-order valence-electron chi connectivity index (χ3n) is 2.42. The molecule has 2 N–H and O–H groups in total. The Morgan fingerprint density at radius 3 is 2.65 bits per heavy atom. The fourth-order valence-corrected chi connectivity index (χ4v) is 1.42. The van der Waals surface area contributed by atoms with E-state index in [2.05, 4.69) is 25.9 Å². The Bertz CT molecular complexity index is 647. The summed E-state index contributed by atoms with van der Waals surface area (Å²) < 4.78 is 0. The van der Waals surface area contributed by atoms with E-state index in [0.717, 1.165) is 0 Å². The lowest BCUT2D eigenvalue weighted by Crippen LogP contribution is -2.13. The monoisotopic (exact) mass is 274 g/mol. The maximum Gasteiger partial charge on any atom is 0.270 e. The van der Waals surface area contributed by atoms with E-state index in [1.165, 1.54) is 12.1 Å². The highest BCUT2D eigenvalue weighted by Gasteiger charge is 2.08. The molecule has 0 aliphatic rings. The number of H-pyrrole nitrogens is 1. The van der Waals surface area contributed by atoms with Gasteiger partial charge in [-0.15, -0.1) is 5.10 Å². The molecule has 0 saturated carbocycles. The molecule has 0 aliphatic carbocycles. The van der Waals surface area contributed by atoms with Crippen LogP contribution in [-0.2, 0) is 4.79 Å². The van der Waals surface area contributed by atoms with E-state index in [4.69, 9.17) is 0 Å². The maximum atomic E-state index is 11.8. The summed E-state index contributed by atoms with van der Waals surface area (Å²) in [5.41, 5.74) is 1.08. The zero-order valence-corrected chi connectivity index (χ0v) is 10.4. The van der Waals surface area contributed by atoms with Gasteiger partial charge in [-0.05, 0) is 35.9 Å².